The number of para-hydroxylation sites is 1. The van der Waals surface area contributed by atoms with Crippen molar-refractivity contribution >= 4 is 10.9 Å². The molecule has 1 aliphatic heterocycles. The number of aromatic nitrogens is 3. The Labute approximate surface area is 152 Å². The number of pyridine rings is 1. The Morgan fingerprint density at radius 3 is 3.00 bits per heavy atom. The van der Waals surface area contributed by atoms with E-state index in [4.69, 9.17) is 0 Å². The molecule has 3 heterocycles. The minimum absolute atomic E-state index is 0.263. The summed E-state index contributed by atoms with van der Waals surface area (Å²) < 4.78 is 16.1. The van der Waals surface area contributed by atoms with E-state index in [0.717, 1.165) is 50.2 Å². The van der Waals surface area contributed by atoms with Gasteiger partial charge in [0.15, 0.2) is 5.82 Å². The van der Waals surface area contributed by atoms with Crippen molar-refractivity contribution < 1.29 is 9.50 Å². The van der Waals surface area contributed by atoms with Gasteiger partial charge >= 0.3 is 0 Å². The Balaban J connectivity index is 1.53. The van der Waals surface area contributed by atoms with Crippen LogP contribution in [0, 0.1) is 11.7 Å². The molecule has 1 fully saturated rings. The lowest BCUT2D eigenvalue weighted by atomic mass is 9.99. The van der Waals surface area contributed by atoms with Gasteiger partial charge in [-0.2, -0.15) is 0 Å². The molecule has 6 heteroatoms. The van der Waals surface area contributed by atoms with Crippen LogP contribution in [0.25, 0.3) is 22.4 Å². The molecule has 5 nitrogen and oxygen atoms in total. The highest BCUT2D eigenvalue weighted by molar-refractivity contribution is 5.81. The summed E-state index contributed by atoms with van der Waals surface area (Å²) in [5, 5.41) is 10.2. The molecule has 1 unspecified atom stereocenters. The fourth-order valence-electron chi connectivity index (χ4n) is 3.71. The first-order chi connectivity index (χ1) is 12.7. The second-order valence-electron chi connectivity index (χ2n) is 6.94. The molecular formula is C20H23FN4O. The molecule has 4 rings (SSSR count). The lowest BCUT2D eigenvalue weighted by Gasteiger charge is -2.31. The molecule has 1 aliphatic rings. The van der Waals surface area contributed by atoms with Crippen LogP contribution < -0.4 is 0 Å². The molecule has 0 aliphatic carbocycles. The quantitative estimate of drug-likeness (QED) is 0.765. The molecule has 0 bridgehead atoms. The molecule has 3 aromatic rings. The number of aliphatic hydroxyl groups excluding tert-OH is 1. The monoisotopic (exact) mass is 354 g/mol. The number of aliphatic hydroxyl groups is 1. The van der Waals surface area contributed by atoms with Crippen LogP contribution in [0.3, 0.4) is 0 Å². The van der Waals surface area contributed by atoms with Gasteiger partial charge in [-0.25, -0.2) is 14.4 Å². The molecule has 0 amide bonds. The molecule has 1 saturated heterocycles. The van der Waals surface area contributed by atoms with Crippen LogP contribution in [0.15, 0.2) is 42.7 Å². The van der Waals surface area contributed by atoms with E-state index in [0.29, 0.717) is 17.1 Å². The number of fused-ring (bicyclic) bond motifs is 1. The molecule has 0 saturated carbocycles. The topological polar surface area (TPSA) is 54.2 Å². The third-order valence-electron chi connectivity index (χ3n) is 5.13. The predicted octanol–water partition coefficient (Wildman–Crippen LogP) is 2.94. The number of benzene rings is 1. The Morgan fingerprint density at radius 1 is 1.19 bits per heavy atom. The molecule has 0 radical (unpaired) electrons. The van der Waals surface area contributed by atoms with Gasteiger partial charge in [0.1, 0.15) is 17.0 Å². The Kier molecular flexibility index (Phi) is 4.95. The van der Waals surface area contributed by atoms with E-state index in [2.05, 4.69) is 19.4 Å². The van der Waals surface area contributed by atoms with Crippen molar-refractivity contribution in [2.75, 3.05) is 26.2 Å². The van der Waals surface area contributed by atoms with Gasteiger partial charge in [-0.1, -0.05) is 18.2 Å². The van der Waals surface area contributed by atoms with Crippen molar-refractivity contribution in [3.05, 3.63) is 48.5 Å². The number of halogens is 1. The lowest BCUT2D eigenvalue weighted by molar-refractivity contribution is 0.118. The largest absolute Gasteiger partial charge is 0.396 e. The van der Waals surface area contributed by atoms with E-state index in [-0.39, 0.29) is 12.4 Å². The predicted molar refractivity (Wildman–Crippen MR) is 99.2 cm³/mol. The van der Waals surface area contributed by atoms with Crippen LogP contribution in [0.4, 0.5) is 4.39 Å². The highest BCUT2D eigenvalue weighted by Gasteiger charge is 2.19. The smallest absolute Gasteiger partial charge is 0.158 e. The van der Waals surface area contributed by atoms with Crippen molar-refractivity contribution in [1.29, 1.82) is 0 Å². The number of nitrogens with zero attached hydrogens (tertiary/aromatic N) is 4. The second-order valence-corrected chi connectivity index (χ2v) is 6.94. The summed E-state index contributed by atoms with van der Waals surface area (Å²) in [5.41, 5.74) is 1.06. The van der Waals surface area contributed by atoms with Crippen molar-refractivity contribution in [2.45, 2.75) is 19.4 Å². The van der Waals surface area contributed by atoms with Gasteiger partial charge in [-0.15, -0.1) is 0 Å². The maximum Gasteiger partial charge on any atom is 0.158 e. The highest BCUT2D eigenvalue weighted by Crippen LogP contribution is 2.22. The molecule has 136 valence electrons. The summed E-state index contributed by atoms with van der Waals surface area (Å²) in [7, 11) is 0. The first-order valence-electron chi connectivity index (χ1n) is 9.14. The van der Waals surface area contributed by atoms with E-state index in [1.807, 2.05) is 24.4 Å². The zero-order chi connectivity index (χ0) is 17.9. The first-order valence-corrected chi connectivity index (χ1v) is 9.14. The van der Waals surface area contributed by atoms with Gasteiger partial charge in [0.2, 0.25) is 0 Å². The Morgan fingerprint density at radius 2 is 2.12 bits per heavy atom. The maximum atomic E-state index is 14.1. The summed E-state index contributed by atoms with van der Waals surface area (Å²) in [6, 6.07) is 8.76. The summed E-state index contributed by atoms with van der Waals surface area (Å²) in [6.45, 7) is 3.98. The fourth-order valence-corrected chi connectivity index (χ4v) is 3.71. The molecule has 1 atom stereocenters. The number of hydrogen-bond donors (Lipinski definition) is 1. The summed E-state index contributed by atoms with van der Waals surface area (Å²) >= 11 is 0. The van der Waals surface area contributed by atoms with Crippen LogP contribution in [0.2, 0.25) is 0 Å². The maximum absolute atomic E-state index is 14.1. The van der Waals surface area contributed by atoms with Gasteiger partial charge in [0.25, 0.3) is 0 Å². The van der Waals surface area contributed by atoms with Gasteiger partial charge in [-0.3, -0.25) is 0 Å². The Bertz CT molecular complexity index is 894. The van der Waals surface area contributed by atoms with Crippen molar-refractivity contribution in [1.82, 2.24) is 19.4 Å². The zero-order valence-corrected chi connectivity index (χ0v) is 14.7. The van der Waals surface area contributed by atoms with E-state index in [9.17, 15) is 9.50 Å². The number of imidazole rings is 1. The van der Waals surface area contributed by atoms with Gasteiger partial charge in [-0.05, 0) is 37.4 Å². The van der Waals surface area contributed by atoms with Gasteiger partial charge in [0.05, 0.1) is 0 Å². The normalized spacial score (nSPS) is 18.5. The average Bonchev–Trinajstić information content (AvgIpc) is 3.15. The van der Waals surface area contributed by atoms with Crippen molar-refractivity contribution in [2.24, 2.45) is 5.92 Å². The summed E-state index contributed by atoms with van der Waals surface area (Å²) in [6.07, 6.45) is 5.94. The van der Waals surface area contributed by atoms with Crippen molar-refractivity contribution in [3.63, 3.8) is 0 Å². The van der Waals surface area contributed by atoms with Gasteiger partial charge in [0, 0.05) is 44.0 Å². The molecule has 1 aromatic carbocycles. The van der Waals surface area contributed by atoms with Crippen LogP contribution in [0.1, 0.15) is 12.8 Å². The van der Waals surface area contributed by atoms with Crippen LogP contribution in [0.5, 0.6) is 0 Å². The van der Waals surface area contributed by atoms with E-state index in [1.54, 1.807) is 12.3 Å². The van der Waals surface area contributed by atoms with Crippen LogP contribution in [-0.2, 0) is 6.54 Å². The second kappa shape index (κ2) is 7.51. The average molecular weight is 354 g/mol. The fraction of sp³-hybridized carbons (Fsp3) is 0.400. The highest BCUT2D eigenvalue weighted by atomic mass is 19.1. The van der Waals surface area contributed by atoms with Gasteiger partial charge < -0.3 is 14.6 Å². The first kappa shape index (κ1) is 17.1. The summed E-state index contributed by atoms with van der Waals surface area (Å²) in [4.78, 5) is 11.3. The molecular weight excluding hydrogens is 331 g/mol. The van der Waals surface area contributed by atoms with E-state index < -0.39 is 0 Å². The Hall–Kier alpha value is -2.31. The van der Waals surface area contributed by atoms with Crippen LogP contribution in [-0.4, -0.2) is 50.8 Å². The number of piperidine rings is 1. The molecule has 2 aromatic heterocycles. The number of hydrogen-bond acceptors (Lipinski definition) is 4. The van der Waals surface area contributed by atoms with Crippen molar-refractivity contribution in [3.8, 4) is 11.5 Å². The summed E-state index contributed by atoms with van der Waals surface area (Å²) in [5.74, 6) is 0.827. The van der Waals surface area contributed by atoms with E-state index in [1.165, 1.54) is 6.07 Å². The minimum atomic E-state index is -0.314. The standard InChI is InChI=1S/C20H23FN4O/c21-17-5-1-4-16-6-7-18(23-19(16)17)20-22-8-10-25(20)12-11-24-9-2-3-15(13-24)14-26/h1,4-8,10,15,26H,2-3,9,11-14H2. The number of rotatable bonds is 5. The molecule has 26 heavy (non-hydrogen) atoms. The molecule has 1 N–H and O–H groups in total. The molecule has 0 spiro atoms. The lowest BCUT2D eigenvalue weighted by Crippen LogP contribution is -2.38. The zero-order valence-electron chi connectivity index (χ0n) is 14.7. The number of likely N-dealkylation sites (tertiary alicyclic amines) is 1. The third kappa shape index (κ3) is 3.48. The van der Waals surface area contributed by atoms with Crippen LogP contribution >= 0.6 is 0 Å². The minimum Gasteiger partial charge on any atom is -0.396 e. The van der Waals surface area contributed by atoms with E-state index >= 15 is 0 Å². The third-order valence-corrected chi connectivity index (χ3v) is 5.13. The SMILES string of the molecule is OCC1CCCN(CCn2ccnc2-c2ccc3cccc(F)c3n2)C1.